The van der Waals surface area contributed by atoms with Gasteiger partial charge in [-0.3, -0.25) is 0 Å². The summed E-state index contributed by atoms with van der Waals surface area (Å²) in [5.41, 5.74) is 1.92. The van der Waals surface area contributed by atoms with Gasteiger partial charge in [0.05, 0.1) is 30.3 Å². The van der Waals surface area contributed by atoms with Crippen molar-refractivity contribution in [3.05, 3.63) is 71.7 Å². The third-order valence-corrected chi connectivity index (χ3v) is 7.72. The number of furan rings is 1. The van der Waals surface area contributed by atoms with Crippen LogP contribution in [0.25, 0.3) is 11.1 Å². The zero-order chi connectivity index (χ0) is 24.7. The first kappa shape index (κ1) is 25.5. The molecule has 0 amide bonds. The van der Waals surface area contributed by atoms with E-state index in [2.05, 4.69) is 18.7 Å². The van der Waals surface area contributed by atoms with E-state index < -0.39 is 21.6 Å². The summed E-state index contributed by atoms with van der Waals surface area (Å²) in [5.74, 6) is -1.59. The topological polar surface area (TPSA) is 97.0 Å². The highest BCUT2D eigenvalue weighted by molar-refractivity contribution is 7.90. The summed E-state index contributed by atoms with van der Waals surface area (Å²) in [7, 11) is -2.43. The van der Waals surface area contributed by atoms with E-state index in [9.17, 15) is 18.3 Å². The van der Waals surface area contributed by atoms with Crippen LogP contribution in [0, 0.1) is 0 Å². The molecule has 182 valence electrons. The molecule has 0 fully saturated rings. The molecule has 0 saturated carbocycles. The number of carboxylic acid groups (broad SMARTS) is 1. The molecule has 7 nitrogen and oxygen atoms in total. The molecule has 0 atom stereocenters. The van der Waals surface area contributed by atoms with Gasteiger partial charge >= 0.3 is 5.97 Å². The maximum atomic E-state index is 13.5. The molecule has 3 aromatic rings. The van der Waals surface area contributed by atoms with Crippen molar-refractivity contribution in [2.45, 2.75) is 37.3 Å². The normalized spacial score (nSPS) is 11.6. The van der Waals surface area contributed by atoms with Gasteiger partial charge in [0, 0.05) is 11.1 Å². The van der Waals surface area contributed by atoms with Crippen LogP contribution in [0.4, 0.5) is 0 Å². The second-order valence-electron chi connectivity index (χ2n) is 7.99. The highest BCUT2D eigenvalue weighted by Crippen LogP contribution is 2.37. The summed E-state index contributed by atoms with van der Waals surface area (Å²) in [6, 6.07) is 11.8. The van der Waals surface area contributed by atoms with Crippen LogP contribution < -0.4 is 4.74 Å². The molecule has 0 saturated heterocycles. The first-order valence-corrected chi connectivity index (χ1v) is 13.0. The van der Waals surface area contributed by atoms with E-state index in [4.69, 9.17) is 9.15 Å². The van der Waals surface area contributed by atoms with Gasteiger partial charge in [-0.1, -0.05) is 44.2 Å². The molecule has 1 aromatic heterocycles. The molecule has 0 unspecified atom stereocenters. The van der Waals surface area contributed by atoms with Gasteiger partial charge in [-0.15, -0.1) is 0 Å². The van der Waals surface area contributed by atoms with E-state index in [1.54, 1.807) is 24.3 Å². The number of carbonyl (C=O) groups is 1. The van der Waals surface area contributed by atoms with Crippen LogP contribution in [0.1, 0.15) is 41.8 Å². The van der Waals surface area contributed by atoms with Crippen molar-refractivity contribution in [2.75, 3.05) is 26.7 Å². The number of hydrogen-bond acceptors (Lipinski definition) is 6. The fourth-order valence-electron chi connectivity index (χ4n) is 4.16. The summed E-state index contributed by atoms with van der Waals surface area (Å²) >= 11 is 0. The number of aryl methyl sites for hydroxylation is 1. The Bertz CT molecular complexity index is 1210. The van der Waals surface area contributed by atoms with Gasteiger partial charge in [0.25, 0.3) is 0 Å². The average Bonchev–Trinajstić information content (AvgIpc) is 3.36. The van der Waals surface area contributed by atoms with Gasteiger partial charge in [-0.25, -0.2) is 13.2 Å². The number of methoxy groups -OCH3 is 1. The maximum absolute atomic E-state index is 13.5. The van der Waals surface area contributed by atoms with Gasteiger partial charge in [0.15, 0.2) is 9.84 Å². The molecule has 0 aliphatic carbocycles. The molecule has 34 heavy (non-hydrogen) atoms. The molecule has 0 radical (unpaired) electrons. The number of ether oxygens (including phenoxy) is 1. The monoisotopic (exact) mass is 485 g/mol. The molecule has 1 N–H and O–H groups in total. The SMILES string of the molecule is CCN(CC)CCCc1ccccc1S(=O)(=O)Cc1ccc(-c2ccoc2)c(OC)c1C(=O)O. The van der Waals surface area contributed by atoms with E-state index in [1.165, 1.54) is 25.7 Å². The number of hydrogen-bond donors (Lipinski definition) is 1. The Hall–Kier alpha value is -3.10. The second-order valence-corrected chi connectivity index (χ2v) is 9.95. The number of benzene rings is 2. The molecule has 0 aliphatic rings. The third-order valence-electron chi connectivity index (χ3n) is 5.96. The molecule has 8 heteroatoms. The van der Waals surface area contributed by atoms with Crippen molar-refractivity contribution in [3.63, 3.8) is 0 Å². The average molecular weight is 486 g/mol. The van der Waals surface area contributed by atoms with Gasteiger partial charge in [-0.2, -0.15) is 0 Å². The number of nitrogens with zero attached hydrogens (tertiary/aromatic N) is 1. The van der Waals surface area contributed by atoms with Crippen molar-refractivity contribution in [1.29, 1.82) is 0 Å². The van der Waals surface area contributed by atoms with Crippen LogP contribution in [0.3, 0.4) is 0 Å². The number of rotatable bonds is 12. The number of carboxylic acids is 1. The van der Waals surface area contributed by atoms with Crippen LogP contribution in [-0.2, 0) is 22.0 Å². The Morgan fingerprint density at radius 2 is 1.79 bits per heavy atom. The zero-order valence-electron chi connectivity index (χ0n) is 19.8. The quantitative estimate of drug-likeness (QED) is 0.390. The minimum Gasteiger partial charge on any atom is -0.495 e. The van der Waals surface area contributed by atoms with Crippen LogP contribution >= 0.6 is 0 Å². The summed E-state index contributed by atoms with van der Waals surface area (Å²) in [4.78, 5) is 14.7. The van der Waals surface area contributed by atoms with Gasteiger partial charge < -0.3 is 19.2 Å². The number of sulfone groups is 1. The van der Waals surface area contributed by atoms with E-state index in [1.807, 2.05) is 12.1 Å². The summed E-state index contributed by atoms with van der Waals surface area (Å²) in [6.07, 6.45) is 4.42. The maximum Gasteiger partial charge on any atom is 0.339 e. The van der Waals surface area contributed by atoms with Crippen molar-refractivity contribution in [2.24, 2.45) is 0 Å². The molecule has 1 heterocycles. The minimum absolute atomic E-state index is 0.106. The lowest BCUT2D eigenvalue weighted by atomic mass is 9.99. The molecule has 0 bridgehead atoms. The van der Waals surface area contributed by atoms with E-state index in [0.717, 1.165) is 31.6 Å². The van der Waals surface area contributed by atoms with Crippen LogP contribution in [0.5, 0.6) is 5.75 Å². The minimum atomic E-state index is -3.80. The predicted octanol–water partition coefficient (Wildman–Crippen LogP) is 4.90. The van der Waals surface area contributed by atoms with Crippen LogP contribution in [0.2, 0.25) is 0 Å². The Morgan fingerprint density at radius 1 is 1.06 bits per heavy atom. The van der Waals surface area contributed by atoms with Crippen LogP contribution in [0.15, 0.2) is 64.3 Å². The lowest BCUT2D eigenvalue weighted by Gasteiger charge is -2.18. The van der Waals surface area contributed by atoms with Crippen molar-refractivity contribution in [1.82, 2.24) is 4.90 Å². The lowest BCUT2D eigenvalue weighted by Crippen LogP contribution is -2.24. The first-order valence-electron chi connectivity index (χ1n) is 11.3. The highest BCUT2D eigenvalue weighted by Gasteiger charge is 2.26. The van der Waals surface area contributed by atoms with Gasteiger partial charge in [0.2, 0.25) is 0 Å². The first-order chi connectivity index (χ1) is 16.3. The highest BCUT2D eigenvalue weighted by atomic mass is 32.2. The second kappa shape index (κ2) is 11.4. The predicted molar refractivity (Wildman–Crippen MR) is 131 cm³/mol. The van der Waals surface area contributed by atoms with Crippen molar-refractivity contribution < 1.29 is 27.5 Å². The lowest BCUT2D eigenvalue weighted by molar-refractivity contribution is 0.0692. The fourth-order valence-corrected chi connectivity index (χ4v) is 5.83. The summed E-state index contributed by atoms with van der Waals surface area (Å²) in [5, 5.41) is 9.93. The Balaban J connectivity index is 1.95. The van der Waals surface area contributed by atoms with E-state index >= 15 is 0 Å². The molecule has 0 aliphatic heterocycles. The summed E-state index contributed by atoms with van der Waals surface area (Å²) < 4.78 is 37.5. The molecule has 2 aromatic carbocycles. The Morgan fingerprint density at radius 3 is 2.41 bits per heavy atom. The van der Waals surface area contributed by atoms with Crippen molar-refractivity contribution in [3.8, 4) is 16.9 Å². The Labute approximate surface area is 200 Å². The third kappa shape index (κ3) is 5.69. The molecule has 0 spiro atoms. The molecular weight excluding hydrogens is 454 g/mol. The number of aromatic carboxylic acids is 1. The standard InChI is InChI=1S/C26H31NO6S/c1-4-27(5-2)15-8-10-19-9-6-7-11-23(19)34(30,31)18-21-12-13-22(20-14-16-33-17-20)25(32-3)24(21)26(28)29/h6-7,9,11-14,16-17H,4-5,8,10,15,18H2,1-3H3,(H,28,29). The van der Waals surface area contributed by atoms with Crippen LogP contribution in [-0.4, -0.2) is 51.1 Å². The van der Waals surface area contributed by atoms with E-state index in [-0.39, 0.29) is 21.8 Å². The zero-order valence-corrected chi connectivity index (χ0v) is 20.6. The smallest absolute Gasteiger partial charge is 0.339 e. The van der Waals surface area contributed by atoms with Crippen molar-refractivity contribution >= 4 is 15.8 Å². The molecule has 3 rings (SSSR count). The Kier molecular flexibility index (Phi) is 8.52. The van der Waals surface area contributed by atoms with Gasteiger partial charge in [-0.05, 0) is 55.7 Å². The largest absolute Gasteiger partial charge is 0.495 e. The summed E-state index contributed by atoms with van der Waals surface area (Å²) in [6.45, 7) is 7.00. The fraction of sp³-hybridized carbons (Fsp3) is 0.346. The van der Waals surface area contributed by atoms with E-state index in [0.29, 0.717) is 17.5 Å². The molecular formula is C26H31NO6S. The van der Waals surface area contributed by atoms with Gasteiger partial charge in [0.1, 0.15) is 11.3 Å².